The Morgan fingerprint density at radius 2 is 1.76 bits per heavy atom. The molecule has 3 aromatic rings. The number of aryl methyl sites for hydroxylation is 1. The number of aliphatic hydroxyl groups excluding tert-OH is 1. The summed E-state index contributed by atoms with van der Waals surface area (Å²) in [6.45, 7) is 5.11. The predicted octanol–water partition coefficient (Wildman–Crippen LogP) is 3.23. The number of rotatable bonds is 7. The largest absolute Gasteiger partial charge is 0.507 e. The Morgan fingerprint density at radius 3 is 2.40 bits per heavy atom. The van der Waals surface area contributed by atoms with Gasteiger partial charge < -0.3 is 40.4 Å². The number of halogens is 1. The molecule has 0 spiro atoms. The molecule has 3 aromatic carbocycles. The molecule has 1 amide bonds. The Morgan fingerprint density at radius 1 is 1.08 bits per heavy atom. The number of aromatic hydroxyl groups is 2. The second-order valence-corrected chi connectivity index (χ2v) is 12.8. The number of fused-ring (bicyclic) bond motifs is 3. The van der Waals surface area contributed by atoms with Crippen molar-refractivity contribution in [2.45, 2.75) is 82.7 Å². The molecule has 1 aliphatic heterocycles. The molecule has 0 saturated carbocycles. The van der Waals surface area contributed by atoms with Crippen molar-refractivity contribution >= 4 is 35.6 Å². The number of nitrogens with one attached hydrogen (secondary N) is 1. The molecule has 0 bridgehead atoms. The molecule has 13 nitrogen and oxygen atoms in total. The van der Waals surface area contributed by atoms with Gasteiger partial charge in [0.1, 0.15) is 22.8 Å². The molecule has 1 fully saturated rings. The first-order valence-corrected chi connectivity index (χ1v) is 16.1. The van der Waals surface area contributed by atoms with Gasteiger partial charge in [-0.05, 0) is 44.0 Å². The number of benzene rings is 3. The summed E-state index contributed by atoms with van der Waals surface area (Å²) >= 11 is 0. The number of amides is 1. The summed E-state index contributed by atoms with van der Waals surface area (Å²) in [5, 5.41) is 50.2. The monoisotopic (exact) mass is 709 g/mol. The van der Waals surface area contributed by atoms with E-state index < -0.39 is 76.3 Å². The van der Waals surface area contributed by atoms with Crippen molar-refractivity contribution in [2.75, 3.05) is 7.11 Å². The molecule has 0 unspecified atom stereocenters. The zero-order valence-electron chi connectivity index (χ0n) is 27.9. The van der Waals surface area contributed by atoms with E-state index >= 15 is 0 Å². The lowest BCUT2D eigenvalue weighted by Crippen LogP contribution is -2.52. The van der Waals surface area contributed by atoms with Crippen molar-refractivity contribution in [2.24, 2.45) is 10.8 Å². The van der Waals surface area contributed by atoms with Crippen LogP contribution in [0, 0.1) is 0 Å². The van der Waals surface area contributed by atoms with Gasteiger partial charge in [0.15, 0.2) is 12.1 Å². The molecule has 0 aromatic heterocycles. The normalized spacial score (nSPS) is 25.9. The quantitative estimate of drug-likeness (QED) is 0.0932. The molecule has 1 saturated heterocycles. The van der Waals surface area contributed by atoms with E-state index in [1.54, 1.807) is 19.1 Å². The van der Waals surface area contributed by atoms with Gasteiger partial charge in [-0.15, -0.1) is 12.4 Å². The molecule has 14 heteroatoms. The first kappa shape index (κ1) is 36.9. The van der Waals surface area contributed by atoms with Crippen molar-refractivity contribution in [3.8, 4) is 17.2 Å². The van der Waals surface area contributed by atoms with Crippen LogP contribution in [0.3, 0.4) is 0 Å². The van der Waals surface area contributed by atoms with Gasteiger partial charge in [-0.25, -0.2) is 5.43 Å². The number of hydrogen-bond acceptors (Lipinski definition) is 12. The van der Waals surface area contributed by atoms with E-state index in [4.69, 9.17) is 19.9 Å². The van der Waals surface area contributed by atoms with Gasteiger partial charge in [-0.3, -0.25) is 14.4 Å². The van der Waals surface area contributed by atoms with E-state index in [0.717, 1.165) is 12.0 Å². The summed E-state index contributed by atoms with van der Waals surface area (Å²) in [5.41, 5.74) is 7.17. The van der Waals surface area contributed by atoms with Crippen molar-refractivity contribution in [3.63, 3.8) is 0 Å². The van der Waals surface area contributed by atoms with Crippen LogP contribution in [0.2, 0.25) is 0 Å². The lowest BCUT2D eigenvalue weighted by molar-refractivity contribution is -0.245. The highest BCUT2D eigenvalue weighted by Gasteiger charge is 2.49. The molecular formula is C36H40ClN3O10. The fraction of sp³-hybridized carbons (Fsp3) is 0.389. The van der Waals surface area contributed by atoms with E-state index in [9.17, 15) is 34.8 Å². The lowest BCUT2D eigenvalue weighted by atomic mass is 9.71. The van der Waals surface area contributed by atoms with E-state index in [1.807, 2.05) is 19.1 Å². The van der Waals surface area contributed by atoms with E-state index in [1.165, 1.54) is 32.2 Å². The number of aliphatic hydroxyl groups is 2. The minimum Gasteiger partial charge on any atom is -0.507 e. The second kappa shape index (κ2) is 14.1. The van der Waals surface area contributed by atoms with Crippen molar-refractivity contribution < 1.29 is 49.0 Å². The molecular weight excluding hydrogens is 670 g/mol. The summed E-state index contributed by atoms with van der Waals surface area (Å²) in [6.07, 6.45) is -3.71. The average Bonchev–Trinajstić information content (AvgIpc) is 3.09. The van der Waals surface area contributed by atoms with Crippen LogP contribution in [-0.4, -0.2) is 80.9 Å². The Labute approximate surface area is 294 Å². The molecule has 6 atom stereocenters. The van der Waals surface area contributed by atoms with Crippen LogP contribution in [0.4, 0.5) is 0 Å². The first-order chi connectivity index (χ1) is 23.3. The molecule has 3 aliphatic rings. The topological polar surface area (TPSA) is 210 Å². The number of carbonyl (C=O) groups excluding carboxylic acids is 3. The SMILES string of the molecule is CCc1ccc(C(=O)N/N=C(\C)[C@]2(O)Cc3c(O)c4c(c(O)c3[C@@H](O[C@H]3C[C@H](N)[C@H](O)[C@H](C)O3)C2)C(=O)c2c(OC)cccc2C4=O)cc1.Cl. The van der Waals surface area contributed by atoms with Crippen molar-refractivity contribution in [1.29, 1.82) is 0 Å². The first-order valence-electron chi connectivity index (χ1n) is 16.1. The number of nitrogens with zero attached hydrogens (tertiary/aromatic N) is 1. The third-order valence-corrected chi connectivity index (χ3v) is 9.77. The standard InChI is InChI=1S/C36H39N3O10.ClH/c1-5-18-9-11-19(12-10-18)35(45)39-38-17(3)36(46)14-21-27(24(15-36)49-25-13-22(37)30(40)16(2)48-25)34(44)29-28(32(21)42)31(41)20-7-6-8-23(47-4)26(20)33(29)43;/h6-12,16,22,24-25,30,40,42,44,46H,5,13-15,37H2,1-4H3,(H,39,45);1H/b38-17+;/t16-,22-,24-,25-,30+,36-;/m0./s1. The van der Waals surface area contributed by atoms with Crippen LogP contribution < -0.4 is 15.9 Å². The van der Waals surface area contributed by atoms with E-state index in [-0.39, 0.29) is 65.4 Å². The number of ether oxygens (including phenoxy) is 3. The molecule has 7 N–H and O–H groups in total. The maximum Gasteiger partial charge on any atom is 0.271 e. The summed E-state index contributed by atoms with van der Waals surface area (Å²) in [6, 6.07) is 10.7. The molecule has 50 heavy (non-hydrogen) atoms. The number of methoxy groups -OCH3 is 1. The van der Waals surface area contributed by atoms with E-state index in [2.05, 4.69) is 10.5 Å². The van der Waals surface area contributed by atoms with Crippen molar-refractivity contribution in [1.82, 2.24) is 5.43 Å². The summed E-state index contributed by atoms with van der Waals surface area (Å²) in [4.78, 5) is 40.7. The van der Waals surface area contributed by atoms with Crippen LogP contribution in [0.1, 0.15) is 98.6 Å². The third kappa shape index (κ3) is 6.25. The number of hydrogen-bond donors (Lipinski definition) is 6. The highest BCUT2D eigenvalue weighted by Crippen LogP contribution is 2.52. The number of phenols is 2. The Bertz CT molecular complexity index is 1870. The van der Waals surface area contributed by atoms with Gasteiger partial charge in [-0.2, -0.15) is 5.10 Å². The third-order valence-electron chi connectivity index (χ3n) is 9.77. The molecule has 266 valence electrons. The lowest BCUT2D eigenvalue weighted by Gasteiger charge is -2.42. The summed E-state index contributed by atoms with van der Waals surface area (Å²) in [5.74, 6) is -3.07. The average molecular weight is 710 g/mol. The number of phenolic OH excluding ortho intramolecular Hbond substituents is 2. The van der Waals surface area contributed by atoms with Gasteiger partial charge in [0, 0.05) is 47.6 Å². The minimum absolute atomic E-state index is 0. The molecule has 1 heterocycles. The fourth-order valence-corrected chi connectivity index (χ4v) is 6.86. The van der Waals surface area contributed by atoms with Crippen LogP contribution in [0.15, 0.2) is 47.6 Å². The number of nitrogens with two attached hydrogens (primary N) is 1. The Hall–Kier alpha value is -4.37. The van der Waals surface area contributed by atoms with Gasteiger partial charge in [-0.1, -0.05) is 31.2 Å². The van der Waals surface area contributed by atoms with Crippen LogP contribution in [0.5, 0.6) is 17.2 Å². The van der Waals surface area contributed by atoms with Gasteiger partial charge >= 0.3 is 0 Å². The molecule has 6 rings (SSSR count). The smallest absolute Gasteiger partial charge is 0.271 e. The maximum absolute atomic E-state index is 13.9. The van der Waals surface area contributed by atoms with Crippen molar-refractivity contribution in [3.05, 3.63) is 87.0 Å². The number of carbonyl (C=O) groups is 3. The summed E-state index contributed by atoms with van der Waals surface area (Å²) < 4.78 is 17.5. The zero-order valence-corrected chi connectivity index (χ0v) is 28.7. The summed E-state index contributed by atoms with van der Waals surface area (Å²) in [7, 11) is 1.35. The molecule has 2 aliphatic carbocycles. The van der Waals surface area contributed by atoms with Crippen LogP contribution >= 0.6 is 12.4 Å². The van der Waals surface area contributed by atoms with Gasteiger partial charge in [0.25, 0.3) is 5.91 Å². The van der Waals surface area contributed by atoms with Gasteiger partial charge in [0.05, 0.1) is 47.8 Å². The highest BCUT2D eigenvalue weighted by molar-refractivity contribution is 6.31. The Balaban J connectivity index is 0.00000486. The minimum atomic E-state index is -1.89. The maximum atomic E-state index is 13.9. The fourth-order valence-electron chi connectivity index (χ4n) is 6.86. The van der Waals surface area contributed by atoms with E-state index in [0.29, 0.717) is 5.56 Å². The predicted molar refractivity (Wildman–Crippen MR) is 183 cm³/mol. The van der Waals surface area contributed by atoms with Gasteiger partial charge in [0.2, 0.25) is 5.78 Å². The number of hydrazone groups is 1. The van der Waals surface area contributed by atoms with Crippen LogP contribution in [-0.2, 0) is 22.3 Å². The zero-order chi connectivity index (χ0) is 35.4. The number of ketones is 2. The van der Waals surface area contributed by atoms with Crippen LogP contribution in [0.25, 0.3) is 0 Å². The Kier molecular flexibility index (Phi) is 10.4. The second-order valence-electron chi connectivity index (χ2n) is 12.8. The molecule has 0 radical (unpaired) electrons. The highest BCUT2D eigenvalue weighted by atomic mass is 35.5.